The molecule has 96 valence electrons. The Labute approximate surface area is 109 Å². The molecule has 0 fully saturated rings. The van der Waals surface area contributed by atoms with Crippen LogP contribution in [-0.4, -0.2) is 20.3 Å². The third-order valence-corrected chi connectivity index (χ3v) is 2.98. The van der Waals surface area contributed by atoms with Crippen molar-refractivity contribution in [2.24, 2.45) is 0 Å². The Hall–Kier alpha value is -1.54. The molecule has 0 N–H and O–H groups in total. The van der Waals surface area contributed by atoms with Crippen LogP contribution in [0.2, 0.25) is 0 Å². The van der Waals surface area contributed by atoms with Gasteiger partial charge in [-0.25, -0.2) is 0 Å². The van der Waals surface area contributed by atoms with Gasteiger partial charge in [-0.1, -0.05) is 30.3 Å². The lowest BCUT2D eigenvalue weighted by Gasteiger charge is -2.07. The van der Waals surface area contributed by atoms with E-state index in [0.717, 1.165) is 38.2 Å². The number of rotatable bonds is 7. The summed E-state index contributed by atoms with van der Waals surface area (Å²) in [6.45, 7) is 1.62. The molecule has 0 aromatic heterocycles. The molecule has 0 bridgehead atoms. The lowest BCUT2D eigenvalue weighted by molar-refractivity contribution is 0.189. The summed E-state index contributed by atoms with van der Waals surface area (Å²) < 4.78 is 10.8. The molecule has 0 saturated carbocycles. The molecule has 0 spiro atoms. The fourth-order valence-electron chi connectivity index (χ4n) is 1.97. The summed E-state index contributed by atoms with van der Waals surface area (Å²) >= 11 is 0. The summed E-state index contributed by atoms with van der Waals surface area (Å²) in [7, 11) is 1.74. The average Bonchev–Trinajstić information content (AvgIpc) is 2.42. The van der Waals surface area contributed by atoms with E-state index in [1.807, 2.05) is 6.07 Å². The van der Waals surface area contributed by atoms with Crippen LogP contribution >= 0.6 is 0 Å². The molecular weight excluding hydrogens is 224 g/mol. The molecule has 18 heavy (non-hydrogen) atoms. The summed E-state index contributed by atoms with van der Waals surface area (Å²) in [5, 5.41) is 2.49. The second-order valence-corrected chi connectivity index (χ2v) is 4.41. The van der Waals surface area contributed by atoms with Crippen molar-refractivity contribution in [1.29, 1.82) is 0 Å². The normalized spacial score (nSPS) is 10.7. The van der Waals surface area contributed by atoms with E-state index in [-0.39, 0.29) is 0 Å². The standard InChI is InChI=1S/C16H20O2/c1-17-11-5-2-6-12-18-16-10-9-14-7-3-4-8-15(14)13-16/h3-4,7-10,13H,2,5-6,11-12H2,1H3. The van der Waals surface area contributed by atoms with Gasteiger partial charge in [0.15, 0.2) is 0 Å². The zero-order chi connectivity index (χ0) is 12.6. The van der Waals surface area contributed by atoms with Gasteiger partial charge < -0.3 is 9.47 Å². The Bertz CT molecular complexity index is 479. The third kappa shape index (κ3) is 3.74. The highest BCUT2D eigenvalue weighted by Gasteiger charge is 1.97. The number of benzene rings is 2. The first-order valence-electron chi connectivity index (χ1n) is 6.51. The number of unbranched alkanes of at least 4 members (excludes halogenated alkanes) is 2. The van der Waals surface area contributed by atoms with E-state index in [9.17, 15) is 0 Å². The van der Waals surface area contributed by atoms with Crippen LogP contribution < -0.4 is 4.74 Å². The van der Waals surface area contributed by atoms with E-state index >= 15 is 0 Å². The molecule has 0 amide bonds. The van der Waals surface area contributed by atoms with E-state index in [4.69, 9.17) is 9.47 Å². The van der Waals surface area contributed by atoms with Crippen molar-refractivity contribution in [3.63, 3.8) is 0 Å². The summed E-state index contributed by atoms with van der Waals surface area (Å²) in [4.78, 5) is 0. The maximum absolute atomic E-state index is 5.75. The van der Waals surface area contributed by atoms with Crippen LogP contribution in [0.15, 0.2) is 42.5 Å². The van der Waals surface area contributed by atoms with Gasteiger partial charge in [0.2, 0.25) is 0 Å². The maximum Gasteiger partial charge on any atom is 0.119 e. The van der Waals surface area contributed by atoms with Crippen LogP contribution in [0.4, 0.5) is 0 Å². The van der Waals surface area contributed by atoms with Crippen molar-refractivity contribution in [3.8, 4) is 5.75 Å². The zero-order valence-corrected chi connectivity index (χ0v) is 10.9. The molecule has 0 aliphatic rings. The Morgan fingerprint density at radius 3 is 2.44 bits per heavy atom. The van der Waals surface area contributed by atoms with Crippen LogP contribution in [0.3, 0.4) is 0 Å². The lowest BCUT2D eigenvalue weighted by atomic mass is 10.1. The van der Waals surface area contributed by atoms with Crippen molar-refractivity contribution >= 4 is 10.8 Å². The van der Waals surface area contributed by atoms with Gasteiger partial charge in [0.1, 0.15) is 5.75 Å². The van der Waals surface area contributed by atoms with Gasteiger partial charge in [0.05, 0.1) is 6.61 Å². The SMILES string of the molecule is COCCCCCOc1ccc2ccccc2c1. The van der Waals surface area contributed by atoms with Crippen molar-refractivity contribution in [2.75, 3.05) is 20.3 Å². The first-order valence-corrected chi connectivity index (χ1v) is 6.51. The van der Waals surface area contributed by atoms with E-state index in [1.165, 1.54) is 10.8 Å². The molecule has 2 aromatic carbocycles. The van der Waals surface area contributed by atoms with Crippen LogP contribution in [-0.2, 0) is 4.74 Å². The van der Waals surface area contributed by atoms with Gasteiger partial charge in [-0.05, 0) is 42.2 Å². The number of hydrogen-bond acceptors (Lipinski definition) is 2. The second-order valence-electron chi connectivity index (χ2n) is 4.41. The second kappa shape index (κ2) is 7.02. The lowest BCUT2D eigenvalue weighted by Crippen LogP contribution is -1.98. The molecular formula is C16H20O2. The predicted octanol–water partition coefficient (Wildman–Crippen LogP) is 4.04. The van der Waals surface area contributed by atoms with Gasteiger partial charge in [0.25, 0.3) is 0 Å². The number of ether oxygens (including phenoxy) is 2. The fraction of sp³-hybridized carbons (Fsp3) is 0.375. The zero-order valence-electron chi connectivity index (χ0n) is 10.9. The highest BCUT2D eigenvalue weighted by atomic mass is 16.5. The summed E-state index contributed by atoms with van der Waals surface area (Å²) in [6.07, 6.45) is 3.34. The van der Waals surface area contributed by atoms with Gasteiger partial charge in [-0.2, -0.15) is 0 Å². The van der Waals surface area contributed by atoms with Crippen molar-refractivity contribution in [3.05, 3.63) is 42.5 Å². The molecule has 2 rings (SSSR count). The largest absolute Gasteiger partial charge is 0.494 e. The quantitative estimate of drug-likeness (QED) is 0.684. The van der Waals surface area contributed by atoms with E-state index in [2.05, 4.69) is 36.4 Å². The summed E-state index contributed by atoms with van der Waals surface area (Å²) in [5.74, 6) is 0.959. The van der Waals surface area contributed by atoms with Crippen LogP contribution in [0.25, 0.3) is 10.8 Å². The topological polar surface area (TPSA) is 18.5 Å². The van der Waals surface area contributed by atoms with Crippen molar-refractivity contribution in [2.45, 2.75) is 19.3 Å². The Morgan fingerprint density at radius 2 is 1.61 bits per heavy atom. The van der Waals surface area contributed by atoms with Gasteiger partial charge in [0, 0.05) is 13.7 Å². The van der Waals surface area contributed by atoms with Crippen LogP contribution in [0.5, 0.6) is 5.75 Å². The number of fused-ring (bicyclic) bond motifs is 1. The van der Waals surface area contributed by atoms with Crippen molar-refractivity contribution in [1.82, 2.24) is 0 Å². The Balaban J connectivity index is 1.81. The minimum Gasteiger partial charge on any atom is -0.494 e. The molecule has 0 aliphatic carbocycles. The highest BCUT2D eigenvalue weighted by molar-refractivity contribution is 5.83. The summed E-state index contributed by atoms with van der Waals surface area (Å²) in [5.41, 5.74) is 0. The van der Waals surface area contributed by atoms with Crippen LogP contribution in [0, 0.1) is 0 Å². The number of hydrogen-bond donors (Lipinski definition) is 0. The average molecular weight is 244 g/mol. The van der Waals surface area contributed by atoms with Gasteiger partial charge >= 0.3 is 0 Å². The minimum atomic E-state index is 0.780. The highest BCUT2D eigenvalue weighted by Crippen LogP contribution is 2.20. The van der Waals surface area contributed by atoms with Crippen LogP contribution in [0.1, 0.15) is 19.3 Å². The first-order chi connectivity index (χ1) is 8.90. The van der Waals surface area contributed by atoms with Crippen molar-refractivity contribution < 1.29 is 9.47 Å². The first kappa shape index (κ1) is 12.9. The smallest absolute Gasteiger partial charge is 0.119 e. The Morgan fingerprint density at radius 1 is 0.833 bits per heavy atom. The third-order valence-electron chi connectivity index (χ3n) is 2.98. The molecule has 0 heterocycles. The van der Waals surface area contributed by atoms with E-state index in [0.29, 0.717) is 0 Å². The van der Waals surface area contributed by atoms with E-state index in [1.54, 1.807) is 7.11 Å². The fourth-order valence-corrected chi connectivity index (χ4v) is 1.97. The molecule has 2 heteroatoms. The Kier molecular flexibility index (Phi) is 5.03. The minimum absolute atomic E-state index is 0.780. The van der Waals surface area contributed by atoms with Gasteiger partial charge in [-0.3, -0.25) is 0 Å². The predicted molar refractivity (Wildman–Crippen MR) is 75.2 cm³/mol. The molecule has 0 aliphatic heterocycles. The molecule has 0 radical (unpaired) electrons. The molecule has 2 aromatic rings. The molecule has 0 unspecified atom stereocenters. The molecule has 0 atom stereocenters. The summed E-state index contributed by atoms with van der Waals surface area (Å²) in [6, 6.07) is 14.6. The molecule has 2 nitrogen and oxygen atoms in total. The van der Waals surface area contributed by atoms with Gasteiger partial charge in [-0.15, -0.1) is 0 Å². The number of methoxy groups -OCH3 is 1. The molecule has 0 saturated heterocycles. The maximum atomic E-state index is 5.75. The monoisotopic (exact) mass is 244 g/mol. The van der Waals surface area contributed by atoms with E-state index < -0.39 is 0 Å².